The van der Waals surface area contributed by atoms with Crippen molar-refractivity contribution in [1.29, 1.82) is 0 Å². The van der Waals surface area contributed by atoms with Crippen LogP contribution >= 0.6 is 0 Å². The van der Waals surface area contributed by atoms with Gasteiger partial charge in [0.15, 0.2) is 0 Å². The number of carbonyl (C=O) groups is 2. The number of urea groups is 1. The summed E-state index contributed by atoms with van der Waals surface area (Å²) in [5.74, 6) is 0.0754. The molecule has 1 aliphatic rings. The number of likely N-dealkylation sites (tertiary alicyclic amines) is 1. The normalized spacial score (nSPS) is 17.3. The first kappa shape index (κ1) is 19.1. The Morgan fingerprint density at radius 3 is 2.60 bits per heavy atom. The third-order valence-corrected chi connectivity index (χ3v) is 4.10. The van der Waals surface area contributed by atoms with Gasteiger partial charge in [0.2, 0.25) is 5.91 Å². The maximum absolute atomic E-state index is 12.8. The SMILES string of the molecule is C[C@H](CN1CCCC1=O)NC(=O)N[C@H](C)c1cccc(C(F)(F)F)c1. The largest absolute Gasteiger partial charge is 0.416 e. The highest BCUT2D eigenvalue weighted by molar-refractivity contribution is 5.78. The molecular formula is C17H22F3N3O2. The summed E-state index contributed by atoms with van der Waals surface area (Å²) in [5.41, 5.74) is -0.382. The predicted octanol–water partition coefficient (Wildman–Crippen LogP) is 3.08. The van der Waals surface area contributed by atoms with Crippen molar-refractivity contribution in [3.63, 3.8) is 0 Å². The summed E-state index contributed by atoms with van der Waals surface area (Å²) in [6.07, 6.45) is -3.06. The van der Waals surface area contributed by atoms with Crippen LogP contribution in [0.1, 0.15) is 43.9 Å². The summed E-state index contributed by atoms with van der Waals surface area (Å²) in [6, 6.07) is 3.55. The summed E-state index contributed by atoms with van der Waals surface area (Å²) in [7, 11) is 0. The molecule has 3 amide bonds. The van der Waals surface area contributed by atoms with Gasteiger partial charge in [-0.15, -0.1) is 0 Å². The highest BCUT2D eigenvalue weighted by Gasteiger charge is 2.30. The zero-order chi connectivity index (χ0) is 18.6. The Kier molecular flexibility index (Phi) is 5.92. The third-order valence-electron chi connectivity index (χ3n) is 4.10. The quantitative estimate of drug-likeness (QED) is 0.851. The van der Waals surface area contributed by atoms with Gasteiger partial charge in [-0.2, -0.15) is 13.2 Å². The van der Waals surface area contributed by atoms with Crippen LogP contribution in [0.2, 0.25) is 0 Å². The van der Waals surface area contributed by atoms with Gasteiger partial charge in [0.1, 0.15) is 0 Å². The fraction of sp³-hybridized carbons (Fsp3) is 0.529. The Labute approximate surface area is 144 Å². The van der Waals surface area contributed by atoms with Gasteiger partial charge in [-0.05, 0) is 38.0 Å². The number of halogens is 3. The van der Waals surface area contributed by atoms with Crippen molar-refractivity contribution in [3.05, 3.63) is 35.4 Å². The summed E-state index contributed by atoms with van der Waals surface area (Å²) in [6.45, 7) is 4.50. The Morgan fingerprint density at radius 2 is 2.00 bits per heavy atom. The monoisotopic (exact) mass is 357 g/mol. The van der Waals surface area contributed by atoms with Crippen molar-refractivity contribution < 1.29 is 22.8 Å². The minimum absolute atomic E-state index is 0.0754. The van der Waals surface area contributed by atoms with Crippen LogP contribution in [0.25, 0.3) is 0 Å². The summed E-state index contributed by atoms with van der Waals surface area (Å²) >= 11 is 0. The van der Waals surface area contributed by atoms with Gasteiger partial charge in [-0.1, -0.05) is 12.1 Å². The molecule has 0 aromatic heterocycles. The van der Waals surface area contributed by atoms with E-state index in [1.807, 2.05) is 0 Å². The third kappa shape index (κ3) is 5.37. The molecule has 1 aromatic rings. The van der Waals surface area contributed by atoms with Crippen LogP contribution in [0.15, 0.2) is 24.3 Å². The average molecular weight is 357 g/mol. The second kappa shape index (κ2) is 7.76. The van der Waals surface area contributed by atoms with Crippen molar-refractivity contribution in [1.82, 2.24) is 15.5 Å². The smallest absolute Gasteiger partial charge is 0.341 e. The second-order valence-corrected chi connectivity index (χ2v) is 6.31. The highest BCUT2D eigenvalue weighted by atomic mass is 19.4. The summed E-state index contributed by atoms with van der Waals surface area (Å²) in [4.78, 5) is 25.3. The number of alkyl halides is 3. The lowest BCUT2D eigenvalue weighted by Gasteiger charge is -2.23. The van der Waals surface area contributed by atoms with E-state index in [1.54, 1.807) is 18.7 Å². The Bertz CT molecular complexity index is 634. The molecule has 0 bridgehead atoms. The van der Waals surface area contributed by atoms with Crippen molar-refractivity contribution in [2.45, 2.75) is 44.9 Å². The van der Waals surface area contributed by atoms with Crippen LogP contribution in [0.3, 0.4) is 0 Å². The van der Waals surface area contributed by atoms with E-state index in [0.29, 0.717) is 25.1 Å². The Hall–Kier alpha value is -2.25. The summed E-state index contributed by atoms with van der Waals surface area (Å²) in [5, 5.41) is 5.33. The van der Waals surface area contributed by atoms with Gasteiger partial charge in [0.25, 0.3) is 0 Å². The Morgan fingerprint density at radius 1 is 1.28 bits per heavy atom. The molecule has 0 aliphatic carbocycles. The summed E-state index contributed by atoms with van der Waals surface area (Å²) < 4.78 is 38.3. The van der Waals surface area contributed by atoms with Crippen LogP contribution in [-0.4, -0.2) is 36.0 Å². The van der Waals surface area contributed by atoms with Crippen LogP contribution < -0.4 is 10.6 Å². The molecule has 0 unspecified atom stereocenters. The van der Waals surface area contributed by atoms with Gasteiger partial charge in [0, 0.05) is 25.6 Å². The van der Waals surface area contributed by atoms with Crippen molar-refractivity contribution >= 4 is 11.9 Å². The minimum atomic E-state index is -4.42. The molecular weight excluding hydrogens is 335 g/mol. The van der Waals surface area contributed by atoms with Crippen LogP contribution in [-0.2, 0) is 11.0 Å². The first-order valence-corrected chi connectivity index (χ1v) is 8.19. The lowest BCUT2D eigenvalue weighted by Crippen LogP contribution is -2.46. The average Bonchev–Trinajstić information content (AvgIpc) is 2.91. The lowest BCUT2D eigenvalue weighted by atomic mass is 10.1. The van der Waals surface area contributed by atoms with E-state index in [2.05, 4.69) is 10.6 Å². The van der Waals surface area contributed by atoms with E-state index < -0.39 is 23.8 Å². The highest BCUT2D eigenvalue weighted by Crippen LogP contribution is 2.30. The number of hydrogen-bond acceptors (Lipinski definition) is 2. The van der Waals surface area contributed by atoms with E-state index in [-0.39, 0.29) is 11.9 Å². The molecule has 0 spiro atoms. The van der Waals surface area contributed by atoms with Crippen molar-refractivity contribution in [2.24, 2.45) is 0 Å². The molecule has 2 N–H and O–H groups in total. The number of nitrogens with one attached hydrogen (secondary N) is 2. The van der Waals surface area contributed by atoms with Gasteiger partial charge >= 0.3 is 12.2 Å². The van der Waals surface area contributed by atoms with E-state index in [1.165, 1.54) is 12.1 Å². The van der Waals surface area contributed by atoms with E-state index in [9.17, 15) is 22.8 Å². The molecule has 2 rings (SSSR count). The van der Waals surface area contributed by atoms with Gasteiger partial charge in [-0.3, -0.25) is 4.79 Å². The van der Waals surface area contributed by atoms with E-state index in [4.69, 9.17) is 0 Å². The molecule has 1 fully saturated rings. The molecule has 0 saturated carbocycles. The van der Waals surface area contributed by atoms with Crippen LogP contribution in [0, 0.1) is 0 Å². The van der Waals surface area contributed by atoms with Gasteiger partial charge in [-0.25, -0.2) is 4.79 Å². The molecule has 1 aromatic carbocycles. The molecule has 5 nitrogen and oxygen atoms in total. The van der Waals surface area contributed by atoms with E-state index >= 15 is 0 Å². The molecule has 2 atom stereocenters. The second-order valence-electron chi connectivity index (χ2n) is 6.31. The number of rotatable bonds is 5. The maximum atomic E-state index is 12.8. The standard InChI is InChI=1S/C17H22F3N3O2/c1-11(10-23-8-4-7-15(23)24)21-16(25)22-12(2)13-5-3-6-14(9-13)17(18,19)20/h3,5-6,9,11-12H,4,7-8,10H2,1-2H3,(H2,21,22,25)/t11-,12-/m1/s1. The van der Waals surface area contributed by atoms with Crippen LogP contribution in [0.4, 0.5) is 18.0 Å². The number of amides is 3. The fourth-order valence-corrected chi connectivity index (χ4v) is 2.80. The van der Waals surface area contributed by atoms with E-state index in [0.717, 1.165) is 18.6 Å². The predicted molar refractivity (Wildman–Crippen MR) is 86.8 cm³/mol. The number of nitrogens with zero attached hydrogens (tertiary/aromatic N) is 1. The molecule has 25 heavy (non-hydrogen) atoms. The zero-order valence-electron chi connectivity index (χ0n) is 14.2. The molecule has 8 heteroatoms. The zero-order valence-corrected chi connectivity index (χ0v) is 14.2. The fourth-order valence-electron chi connectivity index (χ4n) is 2.80. The first-order valence-electron chi connectivity index (χ1n) is 8.19. The Balaban J connectivity index is 1.88. The van der Waals surface area contributed by atoms with Crippen molar-refractivity contribution in [2.75, 3.05) is 13.1 Å². The van der Waals surface area contributed by atoms with Crippen LogP contribution in [0.5, 0.6) is 0 Å². The minimum Gasteiger partial charge on any atom is -0.341 e. The molecule has 138 valence electrons. The molecule has 0 radical (unpaired) electrons. The first-order chi connectivity index (χ1) is 11.7. The number of carbonyl (C=O) groups excluding carboxylic acids is 2. The lowest BCUT2D eigenvalue weighted by molar-refractivity contribution is -0.137. The number of hydrogen-bond donors (Lipinski definition) is 2. The van der Waals surface area contributed by atoms with Crippen molar-refractivity contribution in [3.8, 4) is 0 Å². The molecule has 1 aliphatic heterocycles. The molecule has 1 heterocycles. The van der Waals surface area contributed by atoms with Gasteiger partial charge < -0.3 is 15.5 Å². The van der Waals surface area contributed by atoms with Gasteiger partial charge in [0.05, 0.1) is 11.6 Å². The topological polar surface area (TPSA) is 61.4 Å². The number of benzene rings is 1. The molecule has 1 saturated heterocycles. The maximum Gasteiger partial charge on any atom is 0.416 e.